The van der Waals surface area contributed by atoms with Crippen LogP contribution in [0.5, 0.6) is 0 Å². The highest BCUT2D eigenvalue weighted by Crippen LogP contribution is 2.59. The molecule has 0 saturated heterocycles. The minimum atomic E-state index is -0.916. The Bertz CT molecular complexity index is 772. The van der Waals surface area contributed by atoms with Crippen molar-refractivity contribution in [2.75, 3.05) is 0 Å². The second-order valence-electron chi connectivity index (χ2n) is 10.7. The van der Waals surface area contributed by atoms with E-state index in [1.165, 1.54) is 31.3 Å². The van der Waals surface area contributed by atoms with Crippen molar-refractivity contribution in [1.29, 1.82) is 0 Å². The second kappa shape index (κ2) is 9.03. The number of rotatable bonds is 3. The molecule has 0 radical (unpaired) electrons. The average molecular weight is 413 g/mol. The van der Waals surface area contributed by atoms with Gasteiger partial charge in [-0.3, -0.25) is 0 Å². The van der Waals surface area contributed by atoms with E-state index in [1.807, 2.05) is 0 Å². The zero-order chi connectivity index (χ0) is 22.1. The van der Waals surface area contributed by atoms with Crippen molar-refractivity contribution < 1.29 is 15.3 Å². The molecule has 0 aliphatic heterocycles. The van der Waals surface area contributed by atoms with Crippen molar-refractivity contribution in [1.82, 2.24) is 0 Å². The number of aliphatic hydroxyl groups is 3. The Labute approximate surface area is 183 Å². The van der Waals surface area contributed by atoms with Crippen LogP contribution in [0.15, 0.2) is 35.5 Å². The lowest BCUT2D eigenvalue weighted by atomic mass is 9.61. The van der Waals surface area contributed by atoms with Crippen LogP contribution < -0.4 is 0 Å². The summed E-state index contributed by atoms with van der Waals surface area (Å²) in [6, 6.07) is 0. The van der Waals surface area contributed by atoms with Gasteiger partial charge in [-0.2, -0.15) is 0 Å². The van der Waals surface area contributed by atoms with Gasteiger partial charge in [0.2, 0.25) is 0 Å². The summed E-state index contributed by atoms with van der Waals surface area (Å²) in [5, 5.41) is 30.0. The van der Waals surface area contributed by atoms with Crippen LogP contribution in [-0.2, 0) is 0 Å². The van der Waals surface area contributed by atoms with E-state index in [-0.39, 0.29) is 0 Å². The van der Waals surface area contributed by atoms with Gasteiger partial charge in [0.15, 0.2) is 0 Å². The molecule has 0 unspecified atom stereocenters. The van der Waals surface area contributed by atoms with Crippen LogP contribution >= 0.6 is 0 Å². The number of fused-ring (bicyclic) bond motifs is 1. The first-order valence-electron chi connectivity index (χ1n) is 11.7. The van der Waals surface area contributed by atoms with Crippen molar-refractivity contribution in [3.05, 3.63) is 35.5 Å². The Morgan fingerprint density at radius 3 is 2.70 bits per heavy atom. The molecule has 30 heavy (non-hydrogen) atoms. The van der Waals surface area contributed by atoms with E-state index in [9.17, 15) is 15.3 Å². The summed E-state index contributed by atoms with van der Waals surface area (Å²) in [5.41, 5.74) is 2.67. The Morgan fingerprint density at radius 1 is 1.27 bits per heavy atom. The summed E-state index contributed by atoms with van der Waals surface area (Å²) in [4.78, 5) is 0. The van der Waals surface area contributed by atoms with Crippen LogP contribution in [0.1, 0.15) is 79.1 Å². The minimum absolute atomic E-state index is 0.307. The maximum absolute atomic E-state index is 10.1. The van der Waals surface area contributed by atoms with Crippen LogP contribution in [0.2, 0.25) is 0 Å². The molecule has 3 aliphatic carbocycles. The molecule has 0 bridgehead atoms. The van der Waals surface area contributed by atoms with Gasteiger partial charge >= 0.3 is 0 Å². The van der Waals surface area contributed by atoms with Gasteiger partial charge < -0.3 is 15.3 Å². The van der Waals surface area contributed by atoms with Crippen LogP contribution in [-0.4, -0.2) is 33.1 Å². The van der Waals surface area contributed by atoms with Gasteiger partial charge in [0, 0.05) is 12.8 Å². The molecule has 0 aromatic heterocycles. The fourth-order valence-corrected chi connectivity index (χ4v) is 6.25. The molecule has 3 N–H and O–H groups in total. The topological polar surface area (TPSA) is 60.7 Å². The second-order valence-corrected chi connectivity index (χ2v) is 10.7. The molecule has 0 amide bonds. The molecular formula is C27H40O3. The minimum Gasteiger partial charge on any atom is -0.393 e. The largest absolute Gasteiger partial charge is 0.393 e. The maximum Gasteiger partial charge on any atom is 0.119 e. The molecule has 3 heteroatoms. The molecule has 0 heterocycles. The molecule has 3 nitrogen and oxygen atoms in total. The van der Waals surface area contributed by atoms with Gasteiger partial charge in [-0.05, 0) is 86.7 Å². The predicted octanol–water partition coefficient (Wildman–Crippen LogP) is 4.93. The van der Waals surface area contributed by atoms with Gasteiger partial charge in [0.05, 0.1) is 12.2 Å². The van der Waals surface area contributed by atoms with Crippen LogP contribution in [0.4, 0.5) is 0 Å². The van der Waals surface area contributed by atoms with Crippen molar-refractivity contribution in [2.45, 2.75) is 96.9 Å². The smallest absolute Gasteiger partial charge is 0.119 e. The number of allylic oxidation sites excluding steroid dienone is 3. The zero-order valence-electron chi connectivity index (χ0n) is 19.2. The maximum atomic E-state index is 10.1. The molecular weight excluding hydrogens is 372 g/mol. The number of hydrogen-bond donors (Lipinski definition) is 3. The molecule has 0 spiro atoms. The van der Waals surface area contributed by atoms with Gasteiger partial charge in [-0.25, -0.2) is 0 Å². The highest BCUT2D eigenvalue weighted by molar-refractivity contribution is 5.38. The Balaban J connectivity index is 1.75. The Kier molecular flexibility index (Phi) is 7.02. The first-order valence-corrected chi connectivity index (χ1v) is 11.7. The van der Waals surface area contributed by atoms with Gasteiger partial charge in [-0.15, -0.1) is 5.92 Å². The Hall–Kier alpha value is -1.34. The monoisotopic (exact) mass is 412 g/mol. The first-order chi connectivity index (χ1) is 14.0. The van der Waals surface area contributed by atoms with Crippen molar-refractivity contribution in [2.24, 2.45) is 23.2 Å². The van der Waals surface area contributed by atoms with Gasteiger partial charge in [0.1, 0.15) is 5.60 Å². The van der Waals surface area contributed by atoms with Crippen LogP contribution in [0.25, 0.3) is 0 Å². The van der Waals surface area contributed by atoms with E-state index >= 15 is 0 Å². The molecule has 3 saturated carbocycles. The standard InChI is InChI=1S/C27H40O3/c1-18(8-6-14-26(3,4)30)23-12-13-24-20(9-7-15-27(23,24)5)10-11-21-16-22(28)17-25(29)19(21)2/h10-11,18,22-25,28-30H,2,7-9,12-13,15-17H2,1,3-5H3/b20-10+,21-11-/t18-,22+,23-,24+,25-,27-/m1/s1. The summed E-state index contributed by atoms with van der Waals surface area (Å²) in [6.45, 7) is 12.3. The third-order valence-corrected chi connectivity index (χ3v) is 7.81. The highest BCUT2D eigenvalue weighted by atomic mass is 16.3. The summed E-state index contributed by atoms with van der Waals surface area (Å²) in [5.74, 6) is 7.98. The van der Waals surface area contributed by atoms with Gasteiger partial charge in [0.25, 0.3) is 0 Å². The van der Waals surface area contributed by atoms with Crippen molar-refractivity contribution >= 4 is 0 Å². The van der Waals surface area contributed by atoms with E-state index in [1.54, 1.807) is 13.8 Å². The fourth-order valence-electron chi connectivity index (χ4n) is 6.25. The predicted molar refractivity (Wildman–Crippen MR) is 123 cm³/mol. The first kappa shape index (κ1) is 23.3. The van der Waals surface area contributed by atoms with Crippen molar-refractivity contribution in [3.8, 4) is 11.8 Å². The lowest BCUT2D eigenvalue weighted by Crippen LogP contribution is -2.36. The number of aliphatic hydroxyl groups excluding tert-OH is 2. The van der Waals surface area contributed by atoms with Crippen molar-refractivity contribution in [3.63, 3.8) is 0 Å². The molecule has 3 rings (SSSR count). The van der Waals surface area contributed by atoms with E-state index in [0.717, 1.165) is 24.0 Å². The summed E-state index contributed by atoms with van der Waals surface area (Å²) < 4.78 is 0. The summed E-state index contributed by atoms with van der Waals surface area (Å²) in [6.07, 6.45) is 11.2. The highest BCUT2D eigenvalue weighted by Gasteiger charge is 2.50. The third kappa shape index (κ3) is 5.10. The summed E-state index contributed by atoms with van der Waals surface area (Å²) in [7, 11) is 0. The molecule has 166 valence electrons. The molecule has 3 aliphatic rings. The number of hydrogen-bond acceptors (Lipinski definition) is 3. The molecule has 0 aromatic carbocycles. The van der Waals surface area contributed by atoms with Crippen LogP contribution in [0.3, 0.4) is 0 Å². The molecule has 0 aromatic rings. The Morgan fingerprint density at radius 2 is 2.00 bits per heavy atom. The van der Waals surface area contributed by atoms with E-state index in [4.69, 9.17) is 0 Å². The zero-order valence-corrected chi connectivity index (χ0v) is 19.2. The lowest BCUT2D eigenvalue weighted by Gasteiger charge is -2.44. The lowest BCUT2D eigenvalue weighted by molar-refractivity contribution is 0.0861. The molecule has 3 fully saturated rings. The normalized spacial score (nSPS) is 38.3. The average Bonchev–Trinajstić information content (AvgIpc) is 3.00. The molecule has 6 atom stereocenters. The fraction of sp³-hybridized carbons (Fsp3) is 0.704. The van der Waals surface area contributed by atoms with E-state index in [0.29, 0.717) is 36.0 Å². The van der Waals surface area contributed by atoms with Gasteiger partial charge in [-0.1, -0.05) is 44.1 Å². The quantitative estimate of drug-likeness (QED) is 0.576. The van der Waals surface area contributed by atoms with Crippen LogP contribution in [0, 0.1) is 35.0 Å². The third-order valence-electron chi connectivity index (χ3n) is 7.81. The van der Waals surface area contributed by atoms with E-state index < -0.39 is 17.8 Å². The summed E-state index contributed by atoms with van der Waals surface area (Å²) >= 11 is 0. The van der Waals surface area contributed by atoms with E-state index in [2.05, 4.69) is 44.4 Å². The SMILES string of the molecule is C=C1/C(=C\C=C2/CCC[C@]3(C)[C@@H]([C@H](C)CC#CC(C)(C)O)CC[C@@H]23)C[C@H](O)C[C@H]1O.